The number of piperidine rings is 2. The first-order valence-corrected chi connectivity index (χ1v) is 12.3. The molecule has 0 bridgehead atoms. The third kappa shape index (κ3) is 8.58. The molecule has 2 fully saturated rings. The number of hydrogen-bond acceptors (Lipinski definition) is 7. The summed E-state index contributed by atoms with van der Waals surface area (Å²) >= 11 is 0. The number of nitrogens with one attached hydrogen (secondary N) is 4. The monoisotopic (exact) mass is 468 g/mol. The van der Waals surface area contributed by atoms with Crippen LogP contribution in [0.25, 0.3) is 0 Å². The van der Waals surface area contributed by atoms with Crippen molar-refractivity contribution in [3.63, 3.8) is 0 Å². The lowest BCUT2D eigenvalue weighted by molar-refractivity contribution is -0.144. The molecule has 0 saturated carbocycles. The van der Waals surface area contributed by atoms with Gasteiger partial charge in [-0.05, 0) is 64.1 Å². The molecule has 2 aliphatic heterocycles. The predicted octanol–water partition coefficient (Wildman–Crippen LogP) is 1.19. The zero-order valence-electron chi connectivity index (χ0n) is 19.7. The van der Waals surface area contributed by atoms with Crippen LogP contribution in [0.5, 0.6) is 0 Å². The Hall–Kier alpha value is -2.20. The fraction of sp³-hybridized carbons (Fsp3) is 0.826. The van der Waals surface area contributed by atoms with Gasteiger partial charge in [-0.1, -0.05) is 19.8 Å². The number of ketones is 1. The Kier molecular flexibility index (Phi) is 11.6. The molecule has 2 aliphatic rings. The molecule has 10 heteroatoms. The number of carboxylic acids is 1. The van der Waals surface area contributed by atoms with Crippen LogP contribution in [0.1, 0.15) is 64.7 Å². The van der Waals surface area contributed by atoms with Crippen molar-refractivity contribution in [2.24, 2.45) is 11.3 Å². The third-order valence-electron chi connectivity index (χ3n) is 6.63. The van der Waals surface area contributed by atoms with E-state index in [0.29, 0.717) is 31.6 Å². The van der Waals surface area contributed by atoms with E-state index in [1.165, 1.54) is 0 Å². The lowest BCUT2D eigenvalue weighted by Gasteiger charge is -2.35. The van der Waals surface area contributed by atoms with Crippen molar-refractivity contribution >= 4 is 23.8 Å². The van der Waals surface area contributed by atoms with Crippen LogP contribution >= 0.6 is 0 Å². The summed E-state index contributed by atoms with van der Waals surface area (Å²) < 4.78 is 5.00. The van der Waals surface area contributed by atoms with Gasteiger partial charge in [-0.25, -0.2) is 9.59 Å². The van der Waals surface area contributed by atoms with E-state index in [1.54, 1.807) is 0 Å². The summed E-state index contributed by atoms with van der Waals surface area (Å²) in [6.07, 6.45) is 6.04. The van der Waals surface area contributed by atoms with E-state index in [4.69, 9.17) is 4.74 Å². The second kappa shape index (κ2) is 14.1. The molecule has 2 amide bonds. The van der Waals surface area contributed by atoms with Crippen LogP contribution in [0, 0.1) is 11.3 Å². The van der Waals surface area contributed by atoms with Gasteiger partial charge in [0.1, 0.15) is 17.2 Å². The maximum atomic E-state index is 13.2. The van der Waals surface area contributed by atoms with Crippen LogP contribution in [0.4, 0.5) is 4.79 Å². The summed E-state index contributed by atoms with van der Waals surface area (Å²) in [6.45, 7) is 4.80. The first-order chi connectivity index (χ1) is 15.9. The molecule has 0 aliphatic carbocycles. The summed E-state index contributed by atoms with van der Waals surface area (Å²) in [5, 5.41) is 20.8. The van der Waals surface area contributed by atoms with Crippen molar-refractivity contribution in [1.29, 1.82) is 0 Å². The third-order valence-corrected chi connectivity index (χ3v) is 6.63. The predicted molar refractivity (Wildman–Crippen MR) is 123 cm³/mol. The van der Waals surface area contributed by atoms with Crippen LogP contribution in [0.2, 0.25) is 0 Å². The fourth-order valence-electron chi connectivity index (χ4n) is 4.47. The summed E-state index contributed by atoms with van der Waals surface area (Å²) in [4.78, 5) is 49.8. The molecule has 2 rings (SSSR count). The zero-order chi connectivity index (χ0) is 24.1. The van der Waals surface area contributed by atoms with E-state index in [0.717, 1.165) is 51.7 Å². The van der Waals surface area contributed by atoms with Crippen molar-refractivity contribution < 1.29 is 29.0 Å². The maximum absolute atomic E-state index is 13.2. The minimum Gasteiger partial charge on any atom is -0.480 e. The number of alkyl carbamates (subject to hydrolysis) is 1. The van der Waals surface area contributed by atoms with Gasteiger partial charge >= 0.3 is 12.1 Å². The number of carbonyl (C=O) groups excluding carboxylic acids is 3. The molecule has 5 N–H and O–H groups in total. The molecule has 2 unspecified atom stereocenters. The molecular formula is C23H40N4O6. The molecule has 0 aromatic heterocycles. The molecule has 2 atom stereocenters. The quantitative estimate of drug-likeness (QED) is 0.200. The van der Waals surface area contributed by atoms with Crippen LogP contribution in [0.15, 0.2) is 0 Å². The van der Waals surface area contributed by atoms with Gasteiger partial charge in [0.15, 0.2) is 0 Å². The average Bonchev–Trinajstić information content (AvgIpc) is 2.83. The summed E-state index contributed by atoms with van der Waals surface area (Å²) in [7, 11) is 0. The maximum Gasteiger partial charge on any atom is 0.407 e. The number of Topliss-reactive ketones (excluding diaryl/α,β-unsaturated/α-hetero) is 1. The van der Waals surface area contributed by atoms with Gasteiger partial charge in [0.25, 0.3) is 0 Å². The normalized spacial score (nSPS) is 22.2. The van der Waals surface area contributed by atoms with Crippen molar-refractivity contribution in [3.8, 4) is 0 Å². The van der Waals surface area contributed by atoms with Crippen LogP contribution in [-0.2, 0) is 19.1 Å². The number of carboxylic acid groups (broad SMARTS) is 1. The first-order valence-electron chi connectivity index (χ1n) is 12.3. The number of carbonyl (C=O) groups is 4. The van der Waals surface area contributed by atoms with E-state index in [9.17, 15) is 24.3 Å². The highest BCUT2D eigenvalue weighted by Gasteiger charge is 2.46. The average molecular weight is 469 g/mol. The zero-order valence-corrected chi connectivity index (χ0v) is 19.7. The van der Waals surface area contributed by atoms with Crippen molar-refractivity contribution in [2.75, 3.05) is 39.3 Å². The second-order valence-corrected chi connectivity index (χ2v) is 9.11. The standard InChI is InChI=1S/C23H40N4O6/c1-2-3-4-14-33-22(32)27-18(20(29)30)15-26-21(31)23(10-5-11-25-16-23)19(28)7-6-17-8-12-24-13-9-17/h17-18,24-25H,2-16H2,1H3,(H,26,31)(H,27,32)(H,29,30). The highest BCUT2D eigenvalue weighted by atomic mass is 16.5. The number of hydrogen-bond donors (Lipinski definition) is 5. The van der Waals surface area contributed by atoms with E-state index in [1.807, 2.05) is 6.92 Å². The van der Waals surface area contributed by atoms with Crippen molar-refractivity contribution in [3.05, 3.63) is 0 Å². The van der Waals surface area contributed by atoms with Gasteiger partial charge in [0.2, 0.25) is 5.91 Å². The van der Waals surface area contributed by atoms with E-state index in [2.05, 4.69) is 21.3 Å². The van der Waals surface area contributed by atoms with Crippen LogP contribution in [0.3, 0.4) is 0 Å². The molecule has 2 heterocycles. The van der Waals surface area contributed by atoms with Crippen LogP contribution in [-0.4, -0.2) is 74.2 Å². The lowest BCUT2D eigenvalue weighted by atomic mass is 9.73. The first kappa shape index (κ1) is 27.0. The van der Waals surface area contributed by atoms with E-state index < -0.39 is 29.4 Å². The molecule has 0 aromatic carbocycles. The Bertz CT molecular complexity index is 659. The highest BCUT2D eigenvalue weighted by Crippen LogP contribution is 2.31. The SMILES string of the molecule is CCCCCOC(=O)NC(CNC(=O)C1(C(=O)CCC2CCNCC2)CCCNC1)C(=O)O. The largest absolute Gasteiger partial charge is 0.480 e. The Balaban J connectivity index is 1.91. The topological polar surface area (TPSA) is 146 Å². The Morgan fingerprint density at radius 1 is 1.12 bits per heavy atom. The van der Waals surface area contributed by atoms with E-state index in [-0.39, 0.29) is 25.5 Å². The van der Waals surface area contributed by atoms with E-state index >= 15 is 0 Å². The Morgan fingerprint density at radius 3 is 2.52 bits per heavy atom. The minimum absolute atomic E-state index is 0.0964. The lowest BCUT2D eigenvalue weighted by Crippen LogP contribution is -2.57. The summed E-state index contributed by atoms with van der Waals surface area (Å²) in [5.74, 6) is -1.38. The van der Waals surface area contributed by atoms with Gasteiger partial charge < -0.3 is 31.1 Å². The van der Waals surface area contributed by atoms with Gasteiger partial charge in [-0.3, -0.25) is 9.59 Å². The molecule has 10 nitrogen and oxygen atoms in total. The van der Waals surface area contributed by atoms with Gasteiger partial charge in [0.05, 0.1) is 6.61 Å². The number of ether oxygens (including phenoxy) is 1. The van der Waals surface area contributed by atoms with Crippen molar-refractivity contribution in [1.82, 2.24) is 21.3 Å². The van der Waals surface area contributed by atoms with Gasteiger partial charge in [-0.2, -0.15) is 0 Å². The molecule has 0 spiro atoms. The smallest absolute Gasteiger partial charge is 0.407 e. The fourth-order valence-corrected chi connectivity index (χ4v) is 4.47. The second-order valence-electron chi connectivity index (χ2n) is 9.11. The van der Waals surface area contributed by atoms with Gasteiger partial charge in [0, 0.05) is 19.5 Å². The number of unbranched alkanes of at least 4 members (excludes halogenated alkanes) is 2. The number of amides is 2. The van der Waals surface area contributed by atoms with Crippen LogP contribution < -0.4 is 21.3 Å². The molecule has 188 valence electrons. The molecular weight excluding hydrogens is 428 g/mol. The molecule has 2 saturated heterocycles. The summed E-state index contributed by atoms with van der Waals surface area (Å²) in [6, 6.07) is -1.34. The molecule has 0 aromatic rings. The Morgan fingerprint density at radius 2 is 1.88 bits per heavy atom. The highest BCUT2D eigenvalue weighted by molar-refractivity contribution is 6.06. The number of rotatable bonds is 13. The minimum atomic E-state index is -1.34. The molecule has 33 heavy (non-hydrogen) atoms. The number of aliphatic carboxylic acids is 1. The summed E-state index contributed by atoms with van der Waals surface area (Å²) in [5.41, 5.74) is -1.20. The van der Waals surface area contributed by atoms with Gasteiger partial charge in [-0.15, -0.1) is 0 Å². The Labute approximate surface area is 196 Å². The molecule has 0 radical (unpaired) electrons. The van der Waals surface area contributed by atoms with Crippen molar-refractivity contribution in [2.45, 2.75) is 70.8 Å².